The fourth-order valence-corrected chi connectivity index (χ4v) is 15.2. The molecule has 0 saturated heterocycles. The predicted octanol–water partition coefficient (Wildman–Crippen LogP) is 27.9. The Morgan fingerprint density at radius 3 is 1.09 bits per heavy atom. The van der Waals surface area contributed by atoms with E-state index in [1.54, 1.807) is 218 Å². The van der Waals surface area contributed by atoms with Gasteiger partial charge in [0.25, 0.3) is 0 Å². The zero-order valence-electron chi connectivity index (χ0n) is 96.8. The third-order valence-electron chi connectivity index (χ3n) is 21.6. The highest BCUT2D eigenvalue weighted by molar-refractivity contribution is 6.15. The molecule has 0 fully saturated rings. The topological polar surface area (TPSA) is 105 Å². The molecule has 0 radical (unpaired) electrons. The maximum atomic E-state index is 9.67. The van der Waals surface area contributed by atoms with Crippen molar-refractivity contribution in [1.82, 2.24) is 0 Å². The molecule has 0 amide bonds. The third-order valence-corrected chi connectivity index (χ3v) is 21.6. The van der Waals surface area contributed by atoms with Gasteiger partial charge in [-0.25, -0.2) is 14.5 Å². The maximum Gasteiger partial charge on any atom is 0.229 e. The van der Waals surface area contributed by atoms with Crippen molar-refractivity contribution in [3.05, 3.63) is 275 Å². The van der Waals surface area contributed by atoms with Crippen LogP contribution in [-0.4, -0.2) is 0 Å². The Balaban J connectivity index is 0.000000161. The van der Waals surface area contributed by atoms with Gasteiger partial charge in [-0.3, -0.25) is 0 Å². The summed E-state index contributed by atoms with van der Waals surface area (Å²) in [6.07, 6.45) is -8.45. The number of hydrogen-bond acceptors (Lipinski definition) is 5. The number of aromatic nitrogens is 4. The van der Waals surface area contributed by atoms with Gasteiger partial charge in [0.2, 0.25) is 28.5 Å². The summed E-state index contributed by atoms with van der Waals surface area (Å²) in [6.45, 7) is 46.3. The van der Waals surface area contributed by atoms with Gasteiger partial charge in [0.1, 0.15) is 72.9 Å². The third kappa shape index (κ3) is 16.4. The Labute approximate surface area is 743 Å². The molecule has 0 saturated carbocycles. The van der Waals surface area contributed by atoms with E-state index in [0.29, 0.717) is 146 Å². The van der Waals surface area contributed by atoms with Crippen molar-refractivity contribution in [2.45, 2.75) is 191 Å². The molecule has 16 aromatic rings. The number of pyridine rings is 4. The number of nitrogens with zero attached hydrogens (tertiary/aromatic N) is 8. The fourth-order valence-electron chi connectivity index (χ4n) is 15.2. The zero-order chi connectivity index (χ0) is 108. The predicted molar refractivity (Wildman–Crippen MR) is 494 cm³/mol. The van der Waals surface area contributed by atoms with Crippen LogP contribution in [0, 0.1) is 136 Å². The highest BCUT2D eigenvalue weighted by Gasteiger charge is 2.33. The molecule has 0 bridgehead atoms. The van der Waals surface area contributed by atoms with E-state index in [0.717, 1.165) is 54.6 Å². The monoisotopic (exact) mass is 1610 g/mol. The van der Waals surface area contributed by atoms with Gasteiger partial charge in [-0.2, -0.15) is 23.5 Å². The lowest BCUT2D eigenvalue weighted by molar-refractivity contribution is -0.667. The first-order chi connectivity index (χ1) is 66.1. The first-order valence-electron chi connectivity index (χ1n) is 51.6. The summed E-state index contributed by atoms with van der Waals surface area (Å²) in [4.78, 5) is 10.6. The summed E-state index contributed by atoms with van der Waals surface area (Å²) in [5.74, 6) is 0. The number of fused-ring (bicyclic) bond motifs is 12. The van der Waals surface area contributed by atoms with Gasteiger partial charge >= 0.3 is 0 Å². The van der Waals surface area contributed by atoms with E-state index in [1.807, 2.05) is 88.4 Å². The maximum absolute atomic E-state index is 9.67. The van der Waals surface area contributed by atoms with E-state index in [1.165, 1.54) is 0 Å². The Hall–Kier alpha value is -12.5. The van der Waals surface area contributed by atoms with Crippen LogP contribution in [0.15, 0.2) is 163 Å². The van der Waals surface area contributed by atoms with Gasteiger partial charge in [0.05, 0.1) is 59.1 Å². The van der Waals surface area contributed by atoms with E-state index in [9.17, 15) is 10.7 Å². The highest BCUT2D eigenvalue weighted by atomic mass is 16.3. The van der Waals surface area contributed by atoms with E-state index < -0.39 is 74.6 Å². The average Bonchev–Trinajstić information content (AvgIpc) is 1.43. The normalized spacial score (nSPS) is 15.8. The Bertz CT molecular complexity index is 8000. The average molecular weight is 1610 g/mol. The molecule has 120 heavy (non-hydrogen) atoms. The van der Waals surface area contributed by atoms with Crippen LogP contribution < -0.4 is 18.3 Å². The summed E-state index contributed by atoms with van der Waals surface area (Å²) < 4.78 is 239. The fraction of sp³-hybridized carbons (Fsp3) is 0.333. The first kappa shape index (κ1) is 59.2. The van der Waals surface area contributed by atoms with Gasteiger partial charge in [-0.05, 0) is 177 Å². The van der Waals surface area contributed by atoms with Crippen LogP contribution in [0.25, 0.3) is 147 Å². The van der Waals surface area contributed by atoms with Crippen molar-refractivity contribution in [1.29, 1.82) is 5.26 Å². The number of para-hydroxylation sites is 1. The number of furan rings is 4. The van der Waals surface area contributed by atoms with E-state index in [-0.39, 0.29) is 68.7 Å². The molecule has 8 aromatic carbocycles. The lowest BCUT2D eigenvalue weighted by Crippen LogP contribution is -2.36. The van der Waals surface area contributed by atoms with Crippen LogP contribution in [-0.2, 0) is 53.7 Å². The first-order valence-corrected chi connectivity index (χ1v) is 39.6. The summed E-state index contributed by atoms with van der Waals surface area (Å²) in [7, 11) is 6.79. The van der Waals surface area contributed by atoms with Crippen LogP contribution in [0.1, 0.15) is 211 Å². The standard InChI is InChI=1S/4C27H29N2O/c1-16-9-11-22-21-12-10-20(28-7)14-24(21)30-26(22)25(16)23-13-19(15-27(4,5)6)17(2)18(3)29(23)8;1-16-9-11-21-22-14-20(28-7)10-12-24(22)30-26(21)25(16)23-13-19(15-27(4,5)6)17(2)18(3)29(23)8;1-16-12-13-21-20-10-9-11-22(28-7)25(20)30-26(21)24(16)23-14-19(15-27(4,5)6)17(2)18(3)29(23)8;1-16-11-12-21-25-19(15-28)9-8-10-23(25)30-26(21)24(16)22-13-20(14-27(4,5)6)17(2)18(3)29(22)7/h3*9-14H,15H2,1-6,8H3;8-13H,14H2,1-7H3/q4*+1/i2*2D3,13D,15D2;2D3,14D,15D2;2D3,13D,14D2. The minimum atomic E-state index is -2.62. The molecule has 0 aliphatic carbocycles. The van der Waals surface area contributed by atoms with Gasteiger partial charge < -0.3 is 17.7 Å². The van der Waals surface area contributed by atoms with Crippen molar-refractivity contribution < 1.29 is 68.8 Å². The number of benzene rings is 8. The lowest BCUT2D eigenvalue weighted by atomic mass is 9.85. The molecule has 0 N–H and O–H groups in total. The molecule has 0 aliphatic heterocycles. The van der Waals surface area contributed by atoms with Gasteiger partial charge in [0, 0.05) is 145 Å². The summed E-state index contributed by atoms with van der Waals surface area (Å²) in [5.41, 5.74) is 9.45. The van der Waals surface area contributed by atoms with Gasteiger partial charge in [0.15, 0.2) is 34.2 Å². The molecular formula is C108H116N8O4+4. The van der Waals surface area contributed by atoms with Crippen LogP contribution in [0.5, 0.6) is 0 Å². The molecule has 608 valence electrons. The van der Waals surface area contributed by atoms with Gasteiger partial charge in [-0.1, -0.05) is 174 Å². The van der Waals surface area contributed by atoms with Crippen LogP contribution in [0.3, 0.4) is 0 Å². The van der Waals surface area contributed by atoms with Gasteiger partial charge in [-0.15, -0.1) is 0 Å². The molecule has 0 spiro atoms. The number of hydrogen-bond donors (Lipinski definition) is 0. The van der Waals surface area contributed by atoms with Crippen LogP contribution in [0.2, 0.25) is 0 Å². The Morgan fingerprint density at radius 1 is 0.367 bits per heavy atom. The molecule has 12 nitrogen and oxygen atoms in total. The zero-order valence-corrected chi connectivity index (χ0v) is 72.8. The van der Waals surface area contributed by atoms with Crippen molar-refractivity contribution in [3.8, 4) is 51.1 Å². The van der Waals surface area contributed by atoms with E-state index in [4.69, 9.17) is 64.8 Å². The van der Waals surface area contributed by atoms with Crippen molar-refractivity contribution >= 4 is 105 Å². The quantitative estimate of drug-likeness (QED) is 0.111. The SMILES string of the molecule is [2H]c1c(C([2H])([2H])C(C)(C)C)c(C([2H])([2H])[2H])c(C)[n+](C)c1-c1c(C)ccc2c1oc1c([N+]#[C-])cccc12.[2H]c1c(C([2H])([2H])C(C)(C)C)c(C([2H])([2H])[2H])c(C)[n+](C)c1-c1c(C)ccc2c1oc1cc([N+]#[C-])ccc12.[2H]c1c(C([2H])([2H])C(C)(C)C)c(C([2H])([2H])[2H])c(C)[n+](C)c1-c1c(C)ccc2c1oc1ccc([N+]#[C-])cc12.[2H]c1c(C([2H])([2H])C(C)(C)C)c(C([2H])([2H])[2H])c(C)[n+](C)c1-c1c(C)ccc2c1oc1cccc(C#N)c12. The molecule has 0 unspecified atom stereocenters. The highest BCUT2D eigenvalue weighted by Crippen LogP contribution is 2.46. The largest absolute Gasteiger partial charge is 0.466 e. The number of nitriles is 1. The van der Waals surface area contributed by atoms with E-state index in [2.05, 4.69) is 20.6 Å². The summed E-state index contributed by atoms with van der Waals surface area (Å²) >= 11 is 0. The minimum absolute atomic E-state index is 0.122. The molecule has 8 aromatic heterocycles. The molecule has 16 rings (SSSR count). The number of rotatable bonds is 8. The lowest BCUT2D eigenvalue weighted by Gasteiger charge is -2.20. The molecule has 0 atom stereocenters. The second-order valence-corrected chi connectivity index (χ2v) is 35.1. The van der Waals surface area contributed by atoms with Crippen molar-refractivity contribution in [2.24, 2.45) is 49.9 Å². The minimum Gasteiger partial charge on any atom is -0.466 e. The molecular weight excluding hydrogens is 1470 g/mol. The van der Waals surface area contributed by atoms with Crippen LogP contribution >= 0.6 is 0 Å². The van der Waals surface area contributed by atoms with Crippen LogP contribution in [0.4, 0.5) is 17.1 Å². The summed E-state index contributed by atoms with van der Waals surface area (Å²) in [5, 5.41) is 15.8. The molecule has 8 heterocycles. The van der Waals surface area contributed by atoms with Crippen molar-refractivity contribution in [3.63, 3.8) is 0 Å². The van der Waals surface area contributed by atoms with Crippen molar-refractivity contribution in [2.75, 3.05) is 0 Å². The summed E-state index contributed by atoms with van der Waals surface area (Å²) in [6, 6.07) is 37.8. The second-order valence-electron chi connectivity index (χ2n) is 35.1. The molecule has 0 aliphatic rings. The Kier molecular flexibility index (Phi) is 16.0. The Morgan fingerprint density at radius 2 is 0.700 bits per heavy atom. The second kappa shape index (κ2) is 32.3. The smallest absolute Gasteiger partial charge is 0.229 e. The van der Waals surface area contributed by atoms with E-state index >= 15 is 0 Å². The molecule has 12 heteroatoms. The number of aryl methyl sites for hydroxylation is 4.